The Balaban J connectivity index is 1.62. The van der Waals surface area contributed by atoms with Gasteiger partial charge in [0, 0.05) is 37.0 Å². The molecule has 30 heavy (non-hydrogen) atoms. The van der Waals surface area contributed by atoms with Crippen LogP contribution in [0.25, 0.3) is 0 Å². The van der Waals surface area contributed by atoms with E-state index in [1.165, 1.54) is 5.56 Å². The summed E-state index contributed by atoms with van der Waals surface area (Å²) in [6, 6.07) is 16.0. The zero-order valence-corrected chi connectivity index (χ0v) is 18.6. The van der Waals surface area contributed by atoms with Gasteiger partial charge in [-0.05, 0) is 42.0 Å². The molecule has 3 aliphatic heterocycles. The quantitative estimate of drug-likeness (QED) is 0.451. The van der Waals surface area contributed by atoms with Crippen molar-refractivity contribution >= 4 is 33.6 Å². The molecule has 0 N–H and O–H groups in total. The number of cyclic esters (lactones) is 2. The van der Waals surface area contributed by atoms with Crippen LogP contribution in [0.2, 0.25) is 0 Å². The number of anilines is 1. The van der Waals surface area contributed by atoms with Gasteiger partial charge in [-0.25, -0.2) is 0 Å². The fraction of sp³-hybridized carbons (Fsp3) is 0.417. The van der Waals surface area contributed by atoms with E-state index in [0.29, 0.717) is 12.8 Å². The largest absolute Gasteiger partial charge is 0.422 e. The summed E-state index contributed by atoms with van der Waals surface area (Å²) in [4.78, 5) is 29.1. The van der Waals surface area contributed by atoms with Crippen molar-refractivity contribution in [1.29, 1.82) is 0 Å². The maximum Gasteiger partial charge on any atom is 0.329 e. The molecule has 2 saturated heterocycles. The summed E-state index contributed by atoms with van der Waals surface area (Å²) in [5, 5.41) is 0. The maximum atomic E-state index is 13.4. The van der Waals surface area contributed by atoms with Crippen LogP contribution in [0, 0.1) is 5.41 Å². The van der Waals surface area contributed by atoms with Crippen LogP contribution >= 0.6 is 15.9 Å². The number of carbonyl (C=O) groups excluding carboxylic acids is 2. The van der Waals surface area contributed by atoms with Gasteiger partial charge in [-0.2, -0.15) is 0 Å². The van der Waals surface area contributed by atoms with Crippen molar-refractivity contribution in [2.45, 2.75) is 50.9 Å². The van der Waals surface area contributed by atoms with Crippen molar-refractivity contribution in [2.24, 2.45) is 5.41 Å². The Morgan fingerprint density at radius 1 is 1.03 bits per heavy atom. The number of hydrogen-bond acceptors (Lipinski definition) is 5. The third kappa shape index (κ3) is 2.96. The third-order valence-electron chi connectivity index (χ3n) is 6.67. The lowest BCUT2D eigenvalue weighted by molar-refractivity contribution is -0.253. The molecule has 2 aromatic carbocycles. The Hall–Kier alpha value is -2.34. The monoisotopic (exact) mass is 469 g/mol. The van der Waals surface area contributed by atoms with Gasteiger partial charge in [-0.1, -0.05) is 52.3 Å². The van der Waals surface area contributed by atoms with Crippen molar-refractivity contribution < 1.29 is 19.1 Å². The Bertz CT molecular complexity index is 999. The Labute approximate surface area is 184 Å². The van der Waals surface area contributed by atoms with Crippen LogP contribution < -0.4 is 4.90 Å². The smallest absolute Gasteiger partial charge is 0.329 e. The molecule has 0 aliphatic carbocycles. The minimum absolute atomic E-state index is 0.272. The van der Waals surface area contributed by atoms with Gasteiger partial charge in [0.1, 0.15) is 0 Å². The van der Waals surface area contributed by atoms with E-state index in [4.69, 9.17) is 9.47 Å². The summed E-state index contributed by atoms with van der Waals surface area (Å²) >= 11 is 3.57. The van der Waals surface area contributed by atoms with E-state index in [9.17, 15) is 9.59 Å². The maximum absolute atomic E-state index is 13.4. The molecule has 3 heterocycles. The second kappa shape index (κ2) is 6.84. The summed E-state index contributed by atoms with van der Waals surface area (Å²) in [6.45, 7) is 3.98. The highest BCUT2D eigenvalue weighted by atomic mass is 79.9. The van der Waals surface area contributed by atoms with E-state index in [1.54, 1.807) is 13.8 Å². The zero-order chi connectivity index (χ0) is 21.1. The molecule has 3 aliphatic rings. The van der Waals surface area contributed by atoms with Crippen LogP contribution in [-0.4, -0.2) is 30.3 Å². The summed E-state index contributed by atoms with van der Waals surface area (Å²) in [6.07, 6.45) is 1.95. The average molecular weight is 470 g/mol. The number of esters is 2. The Morgan fingerprint density at radius 2 is 1.73 bits per heavy atom. The molecule has 5 nitrogen and oxygen atoms in total. The first-order valence-corrected chi connectivity index (χ1v) is 11.2. The molecule has 6 heteroatoms. The summed E-state index contributed by atoms with van der Waals surface area (Å²) < 4.78 is 12.3. The molecule has 1 spiro atoms. The SMILES string of the molecule is CC1(C)OC(=O)C2(Cc3ccc(Br)cc3N3CC[C@H](c4ccccc4)C[C@@H]32)C(=O)O1. The van der Waals surface area contributed by atoms with Crippen LogP contribution in [0.15, 0.2) is 53.0 Å². The molecule has 0 bridgehead atoms. The minimum Gasteiger partial charge on any atom is -0.422 e. The standard InChI is InChI=1S/C24H24BrNO4/c1-23(2)29-21(27)24(22(28)30-23)14-17-8-9-18(25)13-19(17)26-11-10-16(12-20(24)26)15-6-4-3-5-7-15/h3-9,13,16,20H,10-12,14H2,1-2H3/t16-,20+/m0/s1. The van der Waals surface area contributed by atoms with Gasteiger partial charge in [0.25, 0.3) is 5.79 Å². The molecular formula is C24H24BrNO4. The molecular weight excluding hydrogens is 446 g/mol. The molecule has 5 rings (SSSR count). The molecule has 156 valence electrons. The van der Waals surface area contributed by atoms with Gasteiger partial charge < -0.3 is 14.4 Å². The van der Waals surface area contributed by atoms with Gasteiger partial charge in [0.2, 0.25) is 0 Å². The Morgan fingerprint density at radius 3 is 2.43 bits per heavy atom. The van der Waals surface area contributed by atoms with Gasteiger partial charge in [0.05, 0.1) is 6.04 Å². The highest BCUT2D eigenvalue weighted by Crippen LogP contribution is 2.51. The molecule has 2 atom stereocenters. The molecule has 0 unspecified atom stereocenters. The highest BCUT2D eigenvalue weighted by Gasteiger charge is 2.64. The second-order valence-corrected chi connectivity index (χ2v) is 9.86. The van der Waals surface area contributed by atoms with Crippen molar-refractivity contribution in [3.63, 3.8) is 0 Å². The first-order chi connectivity index (χ1) is 14.3. The topological polar surface area (TPSA) is 55.8 Å². The van der Waals surface area contributed by atoms with Crippen LogP contribution in [0.4, 0.5) is 5.69 Å². The molecule has 0 amide bonds. The minimum atomic E-state index is -1.34. The number of nitrogens with zero attached hydrogens (tertiary/aromatic N) is 1. The number of carbonyl (C=O) groups is 2. The predicted octanol–water partition coefficient (Wildman–Crippen LogP) is 4.58. The van der Waals surface area contributed by atoms with E-state index in [1.807, 2.05) is 30.3 Å². The summed E-state index contributed by atoms with van der Waals surface area (Å²) in [7, 11) is 0. The predicted molar refractivity (Wildman–Crippen MR) is 116 cm³/mol. The number of ether oxygens (including phenoxy) is 2. The van der Waals surface area contributed by atoms with E-state index in [2.05, 4.69) is 39.0 Å². The average Bonchev–Trinajstić information content (AvgIpc) is 2.72. The van der Waals surface area contributed by atoms with E-state index in [0.717, 1.165) is 28.7 Å². The Kier molecular flexibility index (Phi) is 4.47. The summed E-state index contributed by atoms with van der Waals surface area (Å²) in [5.74, 6) is -1.91. The number of piperidine rings is 1. The van der Waals surface area contributed by atoms with Gasteiger partial charge in [-0.3, -0.25) is 9.59 Å². The van der Waals surface area contributed by atoms with Crippen LogP contribution in [0.3, 0.4) is 0 Å². The van der Waals surface area contributed by atoms with E-state index < -0.39 is 23.1 Å². The number of hydrogen-bond donors (Lipinski definition) is 0. The normalized spacial score (nSPS) is 26.4. The van der Waals surface area contributed by atoms with Gasteiger partial charge in [-0.15, -0.1) is 0 Å². The lowest BCUT2D eigenvalue weighted by atomic mass is 9.65. The first-order valence-electron chi connectivity index (χ1n) is 10.4. The lowest BCUT2D eigenvalue weighted by Crippen LogP contribution is -2.67. The number of benzene rings is 2. The van der Waals surface area contributed by atoms with Crippen molar-refractivity contribution in [1.82, 2.24) is 0 Å². The van der Waals surface area contributed by atoms with Gasteiger partial charge in [0.15, 0.2) is 5.41 Å². The highest BCUT2D eigenvalue weighted by molar-refractivity contribution is 9.10. The molecule has 2 fully saturated rings. The van der Waals surface area contributed by atoms with Crippen LogP contribution in [0.1, 0.15) is 43.7 Å². The van der Waals surface area contributed by atoms with Crippen molar-refractivity contribution in [3.05, 3.63) is 64.1 Å². The second-order valence-electron chi connectivity index (χ2n) is 8.94. The third-order valence-corrected chi connectivity index (χ3v) is 7.17. The number of halogens is 1. The van der Waals surface area contributed by atoms with E-state index in [-0.39, 0.29) is 12.0 Å². The molecule has 0 saturated carbocycles. The zero-order valence-electron chi connectivity index (χ0n) is 17.1. The van der Waals surface area contributed by atoms with Crippen LogP contribution in [0.5, 0.6) is 0 Å². The number of fused-ring (bicyclic) bond motifs is 4. The first kappa shape index (κ1) is 19.6. The fourth-order valence-electron chi connectivity index (χ4n) is 5.27. The molecule has 0 radical (unpaired) electrons. The van der Waals surface area contributed by atoms with Crippen molar-refractivity contribution in [3.8, 4) is 0 Å². The van der Waals surface area contributed by atoms with Crippen LogP contribution in [-0.2, 0) is 25.5 Å². The van der Waals surface area contributed by atoms with E-state index >= 15 is 0 Å². The summed E-state index contributed by atoms with van der Waals surface area (Å²) in [5.41, 5.74) is 1.95. The van der Waals surface area contributed by atoms with Crippen molar-refractivity contribution in [2.75, 3.05) is 11.4 Å². The lowest BCUT2D eigenvalue weighted by Gasteiger charge is -2.54. The molecule has 2 aromatic rings. The number of rotatable bonds is 1. The molecule has 0 aromatic heterocycles. The fourth-order valence-corrected chi connectivity index (χ4v) is 5.62. The van der Waals surface area contributed by atoms with Gasteiger partial charge >= 0.3 is 11.9 Å².